The minimum Gasteiger partial charge on any atom is -0.465 e. The smallest absolute Gasteiger partial charge is 0.340 e. The molecule has 1 aliphatic heterocycles. The molecule has 6 heteroatoms. The number of benzene rings is 1. The third kappa shape index (κ3) is 2.56. The van der Waals surface area contributed by atoms with Gasteiger partial charge in [-0.2, -0.15) is 0 Å². The van der Waals surface area contributed by atoms with Crippen LogP contribution in [0.3, 0.4) is 0 Å². The number of hydrogen-bond donors (Lipinski definition) is 2. The van der Waals surface area contributed by atoms with Gasteiger partial charge in [0.25, 0.3) is 0 Å². The van der Waals surface area contributed by atoms with Crippen LogP contribution in [0.2, 0.25) is 0 Å². The number of carbonyl (C=O) groups is 1. The van der Waals surface area contributed by atoms with Crippen LogP contribution in [0.15, 0.2) is 12.1 Å². The zero-order valence-corrected chi connectivity index (χ0v) is 11.8. The summed E-state index contributed by atoms with van der Waals surface area (Å²) < 4.78 is 24.1. The van der Waals surface area contributed by atoms with E-state index >= 15 is 0 Å². The van der Waals surface area contributed by atoms with Crippen LogP contribution in [0, 0.1) is 5.82 Å². The van der Waals surface area contributed by atoms with E-state index in [2.05, 4.69) is 10.1 Å². The predicted octanol–water partition coefficient (Wildman–Crippen LogP) is 2.17. The molecule has 0 bridgehead atoms. The molecule has 0 saturated carbocycles. The maximum absolute atomic E-state index is 14.0. The molecule has 1 saturated heterocycles. The molecule has 110 valence electrons. The van der Waals surface area contributed by atoms with Crippen LogP contribution in [-0.4, -0.2) is 31.3 Å². The van der Waals surface area contributed by atoms with Crippen molar-refractivity contribution in [2.45, 2.75) is 31.9 Å². The van der Waals surface area contributed by atoms with E-state index in [4.69, 9.17) is 10.5 Å². The van der Waals surface area contributed by atoms with Crippen molar-refractivity contribution in [3.8, 4) is 0 Å². The fourth-order valence-corrected chi connectivity index (χ4v) is 2.28. The molecule has 1 aromatic rings. The Morgan fingerprint density at radius 1 is 1.60 bits per heavy atom. The second-order valence-electron chi connectivity index (χ2n) is 5.22. The van der Waals surface area contributed by atoms with Gasteiger partial charge in [-0.15, -0.1) is 0 Å². The average molecular weight is 282 g/mol. The first-order valence-corrected chi connectivity index (χ1v) is 6.44. The van der Waals surface area contributed by atoms with Gasteiger partial charge in [-0.3, -0.25) is 0 Å². The number of anilines is 2. The molecule has 0 aromatic heterocycles. The number of nitrogens with two attached hydrogens (primary N) is 1. The molecule has 2 atom stereocenters. The summed E-state index contributed by atoms with van der Waals surface area (Å²) in [5.41, 5.74) is 5.68. The van der Waals surface area contributed by atoms with E-state index in [1.165, 1.54) is 13.2 Å². The number of halogens is 1. The minimum absolute atomic E-state index is 0.0546. The monoisotopic (exact) mass is 282 g/mol. The second kappa shape index (κ2) is 5.28. The van der Waals surface area contributed by atoms with Gasteiger partial charge in [-0.1, -0.05) is 0 Å². The van der Waals surface area contributed by atoms with Crippen LogP contribution >= 0.6 is 0 Å². The Bertz CT molecular complexity index is 535. The molecule has 1 aliphatic rings. The SMILES string of the molecule is COC(=O)c1cc(NC2(C)CCOC2C)c(F)cc1N. The Morgan fingerprint density at radius 3 is 2.85 bits per heavy atom. The summed E-state index contributed by atoms with van der Waals surface area (Å²) in [6.45, 7) is 4.50. The van der Waals surface area contributed by atoms with Crippen molar-refractivity contribution in [3.63, 3.8) is 0 Å². The highest BCUT2D eigenvalue weighted by Crippen LogP contribution is 2.32. The zero-order chi connectivity index (χ0) is 14.9. The molecule has 20 heavy (non-hydrogen) atoms. The molecule has 5 nitrogen and oxygen atoms in total. The summed E-state index contributed by atoms with van der Waals surface area (Å²) in [4.78, 5) is 11.6. The third-order valence-corrected chi connectivity index (χ3v) is 3.85. The van der Waals surface area contributed by atoms with Crippen molar-refractivity contribution in [3.05, 3.63) is 23.5 Å². The van der Waals surface area contributed by atoms with Crippen molar-refractivity contribution in [2.24, 2.45) is 0 Å². The number of methoxy groups -OCH3 is 1. The van der Waals surface area contributed by atoms with Crippen LogP contribution in [0.25, 0.3) is 0 Å². The predicted molar refractivity (Wildman–Crippen MR) is 74.2 cm³/mol. The number of hydrogen-bond acceptors (Lipinski definition) is 5. The molecule has 0 spiro atoms. The lowest BCUT2D eigenvalue weighted by molar-refractivity contribution is 0.0602. The van der Waals surface area contributed by atoms with Gasteiger partial charge in [-0.25, -0.2) is 9.18 Å². The van der Waals surface area contributed by atoms with Crippen molar-refractivity contribution in [1.82, 2.24) is 0 Å². The summed E-state index contributed by atoms with van der Waals surface area (Å²) in [5.74, 6) is -1.10. The van der Waals surface area contributed by atoms with Gasteiger partial charge in [0.1, 0.15) is 5.82 Å². The van der Waals surface area contributed by atoms with E-state index in [0.717, 1.165) is 12.5 Å². The first kappa shape index (κ1) is 14.6. The molecule has 1 aromatic carbocycles. The number of nitrogens with one attached hydrogen (secondary N) is 1. The lowest BCUT2D eigenvalue weighted by atomic mass is 9.94. The van der Waals surface area contributed by atoms with Gasteiger partial charge in [0.05, 0.1) is 30.0 Å². The summed E-state index contributed by atoms with van der Waals surface area (Å²) >= 11 is 0. The van der Waals surface area contributed by atoms with Gasteiger partial charge >= 0.3 is 5.97 Å². The van der Waals surface area contributed by atoms with Crippen LogP contribution in [0.5, 0.6) is 0 Å². The minimum atomic E-state index is -0.591. The molecule has 0 aliphatic carbocycles. The topological polar surface area (TPSA) is 73.6 Å². The van der Waals surface area contributed by atoms with E-state index in [1.807, 2.05) is 13.8 Å². The largest absolute Gasteiger partial charge is 0.465 e. The van der Waals surface area contributed by atoms with E-state index in [-0.39, 0.29) is 28.6 Å². The number of ether oxygens (including phenoxy) is 2. The van der Waals surface area contributed by atoms with E-state index in [1.54, 1.807) is 0 Å². The van der Waals surface area contributed by atoms with Crippen LogP contribution in [0.4, 0.5) is 15.8 Å². The maximum Gasteiger partial charge on any atom is 0.340 e. The first-order valence-electron chi connectivity index (χ1n) is 6.44. The Labute approximate surface area is 117 Å². The molecule has 2 rings (SSSR count). The van der Waals surface area contributed by atoms with Gasteiger partial charge in [0.15, 0.2) is 0 Å². The fourth-order valence-electron chi connectivity index (χ4n) is 2.28. The number of carbonyl (C=O) groups excluding carboxylic acids is 1. The summed E-state index contributed by atoms with van der Waals surface area (Å²) in [6.07, 6.45) is 0.701. The van der Waals surface area contributed by atoms with Crippen molar-refractivity contribution < 1.29 is 18.7 Å². The molecule has 1 fully saturated rings. The lowest BCUT2D eigenvalue weighted by Gasteiger charge is -2.30. The first-order chi connectivity index (χ1) is 9.37. The fraction of sp³-hybridized carbons (Fsp3) is 0.500. The van der Waals surface area contributed by atoms with E-state index in [9.17, 15) is 9.18 Å². The van der Waals surface area contributed by atoms with Crippen molar-refractivity contribution in [1.29, 1.82) is 0 Å². The Kier molecular flexibility index (Phi) is 3.85. The van der Waals surface area contributed by atoms with Crippen LogP contribution in [-0.2, 0) is 9.47 Å². The number of rotatable bonds is 3. The van der Waals surface area contributed by atoms with Crippen LogP contribution < -0.4 is 11.1 Å². The molecular weight excluding hydrogens is 263 g/mol. The van der Waals surface area contributed by atoms with E-state index in [0.29, 0.717) is 6.61 Å². The van der Waals surface area contributed by atoms with Gasteiger partial charge < -0.3 is 20.5 Å². The molecular formula is C14H19FN2O3. The molecule has 0 radical (unpaired) electrons. The quantitative estimate of drug-likeness (QED) is 0.656. The third-order valence-electron chi connectivity index (χ3n) is 3.85. The second-order valence-corrected chi connectivity index (χ2v) is 5.22. The van der Waals surface area contributed by atoms with E-state index < -0.39 is 11.8 Å². The Morgan fingerprint density at radius 2 is 2.30 bits per heavy atom. The maximum atomic E-state index is 14.0. The van der Waals surface area contributed by atoms with Crippen LogP contribution in [0.1, 0.15) is 30.6 Å². The molecule has 0 amide bonds. The zero-order valence-electron chi connectivity index (χ0n) is 11.8. The normalized spacial score (nSPS) is 25.5. The average Bonchev–Trinajstić information content (AvgIpc) is 2.72. The Balaban J connectivity index is 2.34. The molecule has 1 heterocycles. The number of esters is 1. The summed E-state index contributed by atoms with van der Waals surface area (Å²) in [6, 6.07) is 2.51. The lowest BCUT2D eigenvalue weighted by Crippen LogP contribution is -2.41. The highest BCUT2D eigenvalue weighted by Gasteiger charge is 2.37. The number of nitrogen functional groups attached to an aromatic ring is 1. The van der Waals surface area contributed by atoms with Gasteiger partial charge in [0, 0.05) is 12.3 Å². The summed E-state index contributed by atoms with van der Waals surface area (Å²) in [5, 5.41) is 3.12. The highest BCUT2D eigenvalue weighted by molar-refractivity contribution is 5.96. The molecule has 2 unspecified atom stereocenters. The van der Waals surface area contributed by atoms with Crippen molar-refractivity contribution in [2.75, 3.05) is 24.8 Å². The van der Waals surface area contributed by atoms with Gasteiger partial charge in [0.2, 0.25) is 0 Å². The van der Waals surface area contributed by atoms with Crippen molar-refractivity contribution >= 4 is 17.3 Å². The standard InChI is InChI=1S/C14H19FN2O3/c1-8-14(2,4-5-20-8)17-12-6-9(13(18)19-3)11(16)7-10(12)15/h6-8,17H,4-5,16H2,1-3H3. The highest BCUT2D eigenvalue weighted by atomic mass is 19.1. The Hall–Kier alpha value is -1.82. The molecule has 3 N–H and O–H groups in total. The van der Waals surface area contributed by atoms with Gasteiger partial charge in [-0.05, 0) is 32.4 Å². The summed E-state index contributed by atoms with van der Waals surface area (Å²) in [7, 11) is 1.26.